The molecule has 0 heterocycles. The van der Waals surface area contributed by atoms with E-state index in [1.165, 1.54) is 0 Å². The van der Waals surface area contributed by atoms with Gasteiger partial charge in [-0.25, -0.2) is 0 Å². The summed E-state index contributed by atoms with van der Waals surface area (Å²) in [5.41, 5.74) is 0. The van der Waals surface area contributed by atoms with E-state index in [0.717, 1.165) is 0 Å². The summed E-state index contributed by atoms with van der Waals surface area (Å²) in [5.74, 6) is 0. The Balaban J connectivity index is 0. The first-order valence-corrected chi connectivity index (χ1v) is 0. The van der Waals surface area contributed by atoms with Crippen molar-refractivity contribution in [1.29, 1.82) is 0 Å². The van der Waals surface area contributed by atoms with Crippen LogP contribution in [0.25, 0.3) is 0 Å². The maximum Gasteiger partial charge on any atom is 2.00 e. The quantitative estimate of drug-likeness (QED) is 0.497. The number of rotatable bonds is 0. The van der Waals surface area contributed by atoms with Crippen LogP contribution >= 0.6 is 0 Å². The molecule has 0 spiro atoms. The zero-order valence-corrected chi connectivity index (χ0v) is 5.44. The van der Waals surface area contributed by atoms with E-state index >= 15 is 0 Å². The van der Waals surface area contributed by atoms with Crippen LogP contribution in [-0.2, 0) is 67.1 Å². The monoisotopic (exact) mass is 218 g/mol. The smallest absolute Gasteiger partial charge is 2.00 e. The Morgan fingerprint density at radius 3 is 0.500 bits per heavy atom. The molecule has 0 unspecified atom stereocenters. The summed E-state index contributed by atoms with van der Waals surface area (Å²) in [6, 6.07) is 0. The van der Waals surface area contributed by atoms with Crippen LogP contribution in [0.1, 0.15) is 0 Å². The molecule has 0 amide bonds. The van der Waals surface area contributed by atoms with Gasteiger partial charge in [0, 0.05) is 0 Å². The molecule has 0 aliphatic heterocycles. The van der Waals surface area contributed by atoms with E-state index in [1.807, 2.05) is 0 Å². The van der Waals surface area contributed by atoms with E-state index in [1.54, 1.807) is 0 Å². The van der Waals surface area contributed by atoms with Crippen LogP contribution in [0.4, 0.5) is 0 Å². The standard InChI is InChI=1S/2Fe.Ni.3O/q3*+2;3*-2. The van der Waals surface area contributed by atoms with Crippen molar-refractivity contribution in [2.75, 3.05) is 0 Å². The predicted octanol–water partition coefficient (Wildman–Crippen LogP) is -0.364. The van der Waals surface area contributed by atoms with Gasteiger partial charge in [-0.1, -0.05) is 0 Å². The summed E-state index contributed by atoms with van der Waals surface area (Å²) in [4.78, 5) is 0. The zero-order valence-electron chi connectivity index (χ0n) is 2.25. The van der Waals surface area contributed by atoms with Gasteiger partial charge in [0.25, 0.3) is 0 Å². The molecule has 0 atom stereocenters. The molecule has 0 aliphatic rings. The van der Waals surface area contributed by atoms with Gasteiger partial charge >= 0.3 is 50.6 Å². The maximum absolute atomic E-state index is 0. The molecule has 0 aliphatic carbocycles. The fourth-order valence-corrected chi connectivity index (χ4v) is 0. The Bertz CT molecular complexity index is 8.75. The van der Waals surface area contributed by atoms with Gasteiger partial charge in [-0.2, -0.15) is 0 Å². The van der Waals surface area contributed by atoms with Crippen molar-refractivity contribution in [2.45, 2.75) is 0 Å². The molecule has 0 N–H and O–H groups in total. The van der Waals surface area contributed by atoms with Crippen molar-refractivity contribution in [3.05, 3.63) is 0 Å². The Kier molecular flexibility index (Phi) is 2400. The van der Waals surface area contributed by atoms with Gasteiger partial charge in [-0.15, -0.1) is 0 Å². The average Bonchev–Trinajstić information content (AvgIpc) is 0. The SMILES string of the molecule is [Fe+2].[Fe+2].[Ni+2].[O-2].[O-2].[O-2]. The molecule has 0 saturated heterocycles. The van der Waals surface area contributed by atoms with Crippen LogP contribution in [0.5, 0.6) is 0 Å². The van der Waals surface area contributed by atoms with Crippen molar-refractivity contribution >= 4 is 0 Å². The minimum atomic E-state index is 0. The molecule has 3 nitrogen and oxygen atoms in total. The van der Waals surface area contributed by atoms with E-state index in [-0.39, 0.29) is 67.1 Å². The Hall–Kier alpha value is 1.41. The van der Waals surface area contributed by atoms with Crippen LogP contribution in [0, 0.1) is 0 Å². The fraction of sp³-hybridized carbons (Fsp3) is 0. The minimum Gasteiger partial charge on any atom is -2.00 e. The summed E-state index contributed by atoms with van der Waals surface area (Å²) in [6.07, 6.45) is 0. The van der Waals surface area contributed by atoms with Gasteiger partial charge in [-0.05, 0) is 0 Å². The molecule has 0 saturated carbocycles. The average molecular weight is 218 g/mol. The summed E-state index contributed by atoms with van der Waals surface area (Å²) in [6.45, 7) is 0. The molecule has 0 bridgehead atoms. The van der Waals surface area contributed by atoms with Gasteiger partial charge < -0.3 is 16.4 Å². The topological polar surface area (TPSA) is 85.5 Å². The van der Waals surface area contributed by atoms with E-state index in [4.69, 9.17) is 0 Å². The van der Waals surface area contributed by atoms with Crippen molar-refractivity contribution in [1.82, 2.24) is 0 Å². The second kappa shape index (κ2) is 94.2. The molecular formula is Fe2NiO3. The second-order valence-electron chi connectivity index (χ2n) is 0. The Morgan fingerprint density at radius 1 is 0.500 bits per heavy atom. The summed E-state index contributed by atoms with van der Waals surface area (Å²) < 4.78 is 0. The number of hydrogen-bond donors (Lipinski definition) is 0. The van der Waals surface area contributed by atoms with Crippen molar-refractivity contribution < 1.29 is 67.1 Å². The van der Waals surface area contributed by atoms with Crippen molar-refractivity contribution in [2.24, 2.45) is 0 Å². The van der Waals surface area contributed by atoms with Crippen molar-refractivity contribution in [3.63, 3.8) is 0 Å². The van der Waals surface area contributed by atoms with Gasteiger partial charge in [0.1, 0.15) is 0 Å². The summed E-state index contributed by atoms with van der Waals surface area (Å²) in [5, 5.41) is 0. The summed E-state index contributed by atoms with van der Waals surface area (Å²) >= 11 is 0. The molecule has 0 fully saturated rings. The largest absolute Gasteiger partial charge is 2.00 e. The van der Waals surface area contributed by atoms with Crippen LogP contribution in [-0.4, -0.2) is 0 Å². The third kappa shape index (κ3) is 52.8. The van der Waals surface area contributed by atoms with Crippen molar-refractivity contribution in [3.8, 4) is 0 Å². The second-order valence-corrected chi connectivity index (χ2v) is 0. The van der Waals surface area contributed by atoms with Gasteiger partial charge in [0.2, 0.25) is 0 Å². The van der Waals surface area contributed by atoms with Crippen LogP contribution in [0.15, 0.2) is 0 Å². The fourth-order valence-electron chi connectivity index (χ4n) is 0. The van der Waals surface area contributed by atoms with Gasteiger partial charge in [0.15, 0.2) is 0 Å². The first kappa shape index (κ1) is 153. The summed E-state index contributed by atoms with van der Waals surface area (Å²) in [7, 11) is 0. The Labute approximate surface area is 67.0 Å². The van der Waals surface area contributed by atoms with E-state index in [2.05, 4.69) is 0 Å². The molecule has 0 aromatic carbocycles. The molecule has 0 rings (SSSR count). The third-order valence-electron chi connectivity index (χ3n) is 0. The van der Waals surface area contributed by atoms with Crippen LogP contribution < -0.4 is 0 Å². The van der Waals surface area contributed by atoms with E-state index in [9.17, 15) is 0 Å². The molecular weight excluding hydrogens is 218 g/mol. The minimum absolute atomic E-state index is 0. The molecule has 0 radical (unpaired) electrons. The van der Waals surface area contributed by atoms with E-state index < -0.39 is 0 Å². The van der Waals surface area contributed by atoms with Crippen LogP contribution in [0.2, 0.25) is 0 Å². The van der Waals surface area contributed by atoms with Crippen LogP contribution in [0.3, 0.4) is 0 Å². The third-order valence-corrected chi connectivity index (χ3v) is 0. The molecule has 0 aromatic heterocycles. The normalized spacial score (nSPS) is 0. The number of hydrogen-bond acceptors (Lipinski definition) is 0. The zero-order chi connectivity index (χ0) is 0. The first-order valence-electron chi connectivity index (χ1n) is 0. The molecule has 0 aromatic rings. The van der Waals surface area contributed by atoms with Gasteiger partial charge in [-0.3, -0.25) is 0 Å². The molecule has 6 heavy (non-hydrogen) atoms. The van der Waals surface area contributed by atoms with Gasteiger partial charge in [0.05, 0.1) is 0 Å². The predicted molar refractivity (Wildman–Crippen MR) is 2.06 cm³/mol. The molecule has 6 heteroatoms. The Morgan fingerprint density at radius 2 is 0.500 bits per heavy atom. The van der Waals surface area contributed by atoms with E-state index in [0.29, 0.717) is 0 Å². The first-order chi connectivity index (χ1) is 0. The molecule has 44 valence electrons. The maximum atomic E-state index is 0.